The van der Waals surface area contributed by atoms with E-state index in [2.05, 4.69) is 15.8 Å². The molecule has 1 fully saturated rings. The summed E-state index contributed by atoms with van der Waals surface area (Å²) in [5.74, 6) is -1.53. The molecule has 0 saturated heterocycles. The van der Waals surface area contributed by atoms with Gasteiger partial charge in [0.2, 0.25) is 0 Å². The largest absolute Gasteiger partial charge is 0.511 e. The molecule has 174 valence electrons. The second kappa shape index (κ2) is 7.17. The van der Waals surface area contributed by atoms with E-state index in [0.29, 0.717) is 0 Å². The highest BCUT2D eigenvalue weighted by Gasteiger charge is 2.55. The van der Waals surface area contributed by atoms with Crippen LogP contribution in [0.2, 0.25) is 0 Å². The number of carbonyl (C=O) groups is 1. The lowest BCUT2D eigenvalue weighted by Gasteiger charge is -2.42. The molecule has 2 aromatic rings. The van der Waals surface area contributed by atoms with Gasteiger partial charge in [-0.2, -0.15) is 8.42 Å². The lowest BCUT2D eigenvalue weighted by atomic mass is 9.80. The third-order valence-corrected chi connectivity index (χ3v) is 8.39. The maximum absolute atomic E-state index is 13.8. The van der Waals surface area contributed by atoms with Gasteiger partial charge in [-0.15, -0.1) is 4.40 Å². The molecular weight excluding hydrogens is 459 g/mol. The van der Waals surface area contributed by atoms with Crippen molar-refractivity contribution in [3.63, 3.8) is 0 Å². The van der Waals surface area contributed by atoms with E-state index in [-0.39, 0.29) is 69.6 Å². The van der Waals surface area contributed by atoms with Gasteiger partial charge in [-0.1, -0.05) is 24.3 Å². The summed E-state index contributed by atoms with van der Waals surface area (Å²) in [7, 11) is -4.15. The molecule has 2 aromatic carbocycles. The first-order valence-electron chi connectivity index (χ1n) is 10.9. The zero-order chi connectivity index (χ0) is 23.8. The van der Waals surface area contributed by atoms with E-state index in [9.17, 15) is 22.7 Å². The van der Waals surface area contributed by atoms with Crippen LogP contribution in [0.4, 0.5) is 15.8 Å². The van der Waals surface area contributed by atoms with Crippen molar-refractivity contribution < 1.29 is 22.7 Å². The molecule has 2 aliphatic carbocycles. The summed E-state index contributed by atoms with van der Waals surface area (Å²) in [4.78, 5) is 15.3. The molecule has 1 amide bonds. The van der Waals surface area contributed by atoms with Crippen molar-refractivity contribution in [1.82, 2.24) is 4.90 Å². The molecule has 4 aliphatic rings. The molecular formula is C24H21FN4O4S. The highest BCUT2D eigenvalue weighted by atomic mass is 32.2. The summed E-state index contributed by atoms with van der Waals surface area (Å²) < 4.78 is 43.1. The van der Waals surface area contributed by atoms with Gasteiger partial charge in [0.25, 0.3) is 15.9 Å². The Morgan fingerprint density at radius 1 is 1.15 bits per heavy atom. The number of nitrogens with zero attached hydrogens (tertiary/aromatic N) is 2. The number of fused-ring (bicyclic) bond motifs is 6. The van der Waals surface area contributed by atoms with Crippen LogP contribution >= 0.6 is 0 Å². The summed E-state index contributed by atoms with van der Waals surface area (Å²) >= 11 is 0. The van der Waals surface area contributed by atoms with Crippen molar-refractivity contribution in [3.8, 4) is 0 Å². The molecule has 4 atom stereocenters. The number of rotatable bonds is 3. The van der Waals surface area contributed by atoms with Gasteiger partial charge in [0.15, 0.2) is 5.84 Å². The van der Waals surface area contributed by atoms with E-state index >= 15 is 0 Å². The monoisotopic (exact) mass is 480 g/mol. The number of amides is 1. The first-order chi connectivity index (χ1) is 16.2. The Hall–Kier alpha value is -3.66. The van der Waals surface area contributed by atoms with Crippen molar-refractivity contribution in [2.45, 2.75) is 23.9 Å². The van der Waals surface area contributed by atoms with Crippen LogP contribution in [0.1, 0.15) is 12.0 Å². The fourth-order valence-corrected chi connectivity index (χ4v) is 6.77. The number of anilines is 2. The van der Waals surface area contributed by atoms with E-state index < -0.39 is 15.9 Å². The molecule has 8 nitrogen and oxygen atoms in total. The lowest BCUT2D eigenvalue weighted by Crippen LogP contribution is -2.53. The number of amidine groups is 1. The summed E-state index contributed by atoms with van der Waals surface area (Å²) in [6.45, 7) is 0.196. The molecule has 2 aliphatic heterocycles. The minimum atomic E-state index is -4.15. The maximum atomic E-state index is 13.8. The SMILES string of the molecule is Nc1ccc2c(c1)S(=O)(=O)N=C(C1=C(O)C3C4C=CC(C4)C3N(Cc3ccc(F)cc3)C1=O)N2. The van der Waals surface area contributed by atoms with Crippen LogP contribution in [-0.2, 0) is 21.4 Å². The Morgan fingerprint density at radius 2 is 1.88 bits per heavy atom. The predicted octanol–water partition coefficient (Wildman–Crippen LogP) is 2.97. The van der Waals surface area contributed by atoms with Crippen molar-refractivity contribution in [2.24, 2.45) is 22.2 Å². The summed E-state index contributed by atoms with van der Waals surface area (Å²) in [6, 6.07) is 9.95. The fraction of sp³-hybridized carbons (Fsp3) is 0.250. The number of benzene rings is 2. The van der Waals surface area contributed by atoms with Crippen molar-refractivity contribution in [1.29, 1.82) is 0 Å². The smallest absolute Gasteiger partial charge is 0.286 e. The van der Waals surface area contributed by atoms with Crippen molar-refractivity contribution >= 4 is 33.1 Å². The molecule has 4 N–H and O–H groups in total. The molecule has 0 aromatic heterocycles. The summed E-state index contributed by atoms with van der Waals surface area (Å²) in [5.41, 5.74) is 6.80. The quantitative estimate of drug-likeness (QED) is 0.458. The molecule has 1 saturated carbocycles. The molecule has 6 rings (SSSR count). The topological polar surface area (TPSA) is 125 Å². The van der Waals surface area contributed by atoms with Crippen LogP contribution in [0.15, 0.2) is 75.2 Å². The average molecular weight is 481 g/mol. The minimum Gasteiger partial charge on any atom is -0.511 e. The van der Waals surface area contributed by atoms with Gasteiger partial charge in [-0.05, 0) is 54.2 Å². The normalized spacial score (nSPS) is 28.4. The number of hydrogen-bond acceptors (Lipinski definition) is 6. The number of aliphatic hydroxyl groups is 1. The Labute approximate surface area is 195 Å². The Balaban J connectivity index is 1.46. The molecule has 0 radical (unpaired) electrons. The van der Waals surface area contributed by atoms with Crippen molar-refractivity contribution in [2.75, 3.05) is 11.1 Å². The van der Waals surface area contributed by atoms with Gasteiger partial charge in [0.05, 0.1) is 5.69 Å². The molecule has 10 heteroatoms. The zero-order valence-electron chi connectivity index (χ0n) is 17.8. The number of sulfonamides is 1. The van der Waals surface area contributed by atoms with Crippen LogP contribution < -0.4 is 11.1 Å². The molecule has 4 unspecified atom stereocenters. The van der Waals surface area contributed by atoms with E-state index in [4.69, 9.17) is 5.73 Å². The van der Waals surface area contributed by atoms with Crippen LogP contribution in [0.25, 0.3) is 0 Å². The van der Waals surface area contributed by atoms with E-state index in [1.807, 2.05) is 6.08 Å². The molecule has 2 bridgehead atoms. The number of aliphatic hydroxyl groups excluding tert-OH is 1. The Kier molecular flexibility index (Phi) is 4.41. The lowest BCUT2D eigenvalue weighted by molar-refractivity contribution is -0.133. The summed E-state index contributed by atoms with van der Waals surface area (Å²) in [6.07, 6.45) is 4.90. The molecule has 34 heavy (non-hydrogen) atoms. The van der Waals surface area contributed by atoms with Crippen LogP contribution in [0.5, 0.6) is 0 Å². The van der Waals surface area contributed by atoms with E-state index in [1.165, 1.54) is 24.3 Å². The molecule has 2 heterocycles. The third kappa shape index (κ3) is 3.05. The standard InChI is InChI=1S/C24H21FN4O4S/c25-15-5-1-12(2-6-15)11-29-21-14-4-3-13(9-14)19(21)22(30)20(24(29)31)23-27-17-8-7-16(26)10-18(17)34(32,33)28-23/h1-8,10,13-14,19,21,30H,9,11,26H2,(H,27,28). The van der Waals surface area contributed by atoms with Gasteiger partial charge in [-0.3, -0.25) is 4.79 Å². The first kappa shape index (κ1) is 20.9. The first-order valence-corrected chi connectivity index (χ1v) is 12.4. The average Bonchev–Trinajstić information content (AvgIpc) is 3.40. The van der Waals surface area contributed by atoms with E-state index in [0.717, 1.165) is 12.0 Å². The zero-order valence-corrected chi connectivity index (χ0v) is 18.7. The Morgan fingerprint density at radius 3 is 2.65 bits per heavy atom. The van der Waals surface area contributed by atoms with Gasteiger partial charge in [0, 0.05) is 24.2 Å². The number of carbonyl (C=O) groups excluding carboxylic acids is 1. The van der Waals surface area contributed by atoms with Crippen molar-refractivity contribution in [3.05, 3.63) is 77.3 Å². The Bertz CT molecular complexity index is 1430. The van der Waals surface area contributed by atoms with Crippen LogP contribution in [0, 0.1) is 23.6 Å². The van der Waals surface area contributed by atoms with Gasteiger partial charge < -0.3 is 21.1 Å². The number of nitrogen functional groups attached to an aromatic ring is 1. The number of nitrogens with one attached hydrogen (secondary N) is 1. The summed E-state index contributed by atoms with van der Waals surface area (Å²) in [5, 5.41) is 14.2. The predicted molar refractivity (Wildman–Crippen MR) is 124 cm³/mol. The highest BCUT2D eigenvalue weighted by molar-refractivity contribution is 7.90. The highest BCUT2D eigenvalue weighted by Crippen LogP contribution is 2.52. The number of allylic oxidation sites excluding steroid dienone is 1. The number of nitrogens with two attached hydrogens (primary N) is 1. The van der Waals surface area contributed by atoms with E-state index in [1.54, 1.807) is 23.1 Å². The third-order valence-electron chi connectivity index (χ3n) is 7.08. The molecule has 0 spiro atoms. The fourth-order valence-electron chi connectivity index (χ4n) is 5.61. The maximum Gasteiger partial charge on any atom is 0.286 e. The van der Waals surface area contributed by atoms with Crippen LogP contribution in [-0.4, -0.2) is 36.2 Å². The number of halogens is 1. The van der Waals surface area contributed by atoms with Crippen LogP contribution in [0.3, 0.4) is 0 Å². The minimum absolute atomic E-state index is 0.0294. The van der Waals surface area contributed by atoms with Gasteiger partial charge >= 0.3 is 0 Å². The van der Waals surface area contributed by atoms with Gasteiger partial charge in [-0.25, -0.2) is 4.39 Å². The van der Waals surface area contributed by atoms with Gasteiger partial charge in [0.1, 0.15) is 22.0 Å². The number of hydrogen-bond donors (Lipinski definition) is 3. The second-order valence-electron chi connectivity index (χ2n) is 9.08. The second-order valence-corrected chi connectivity index (χ2v) is 10.7.